The van der Waals surface area contributed by atoms with Gasteiger partial charge in [0.15, 0.2) is 28.7 Å². The molecule has 1 aromatic heterocycles. The molecule has 0 N–H and O–H groups in total. The summed E-state index contributed by atoms with van der Waals surface area (Å²) in [6.45, 7) is 5.59. The van der Waals surface area contributed by atoms with E-state index in [0.717, 1.165) is 5.56 Å². The maximum absolute atomic E-state index is 14.2. The number of rotatable bonds is 12. The average molecular weight is 791 g/mol. The molecule has 0 radical (unpaired) electrons. The summed E-state index contributed by atoms with van der Waals surface area (Å²) in [4.78, 5) is 44.3. The van der Waals surface area contributed by atoms with E-state index in [2.05, 4.69) is 25.7 Å². The van der Waals surface area contributed by atoms with Gasteiger partial charge in [-0.2, -0.15) is 0 Å². The topological polar surface area (TPSA) is 115 Å². The van der Waals surface area contributed by atoms with Crippen LogP contribution >= 0.6 is 50.5 Å². The molecule has 14 heteroatoms. The van der Waals surface area contributed by atoms with Gasteiger partial charge in [-0.15, -0.1) is 0 Å². The fourth-order valence-electron chi connectivity index (χ4n) is 5.07. The number of allylic oxidation sites excluding steroid dienone is 1. The molecule has 4 aromatic rings. The molecule has 5 rings (SSSR count). The molecular formula is C35H31BrCl2N2O8S. The number of methoxy groups -OCH3 is 1. The lowest BCUT2D eigenvalue weighted by Gasteiger charge is -2.25. The van der Waals surface area contributed by atoms with Crippen LogP contribution in [0.5, 0.6) is 17.2 Å². The number of nitrogens with zero attached hydrogens (tertiary/aromatic N) is 2. The third kappa shape index (κ3) is 8.21. The van der Waals surface area contributed by atoms with E-state index in [1.165, 1.54) is 23.0 Å². The lowest BCUT2D eigenvalue weighted by molar-refractivity contribution is -0.143. The van der Waals surface area contributed by atoms with E-state index < -0.39 is 18.0 Å². The molecule has 1 aliphatic rings. The molecule has 0 unspecified atom stereocenters. The number of benzene rings is 3. The summed E-state index contributed by atoms with van der Waals surface area (Å²) in [5.74, 6) is -0.0900. The SMILES string of the molecule is CCOC(=O)C1=C(C)N=c2s/c(=C\c3cc(Cl)c(OCc4ccc(Cl)cc4)c(Br)c3)c(=O)n2[C@H]1c1ccc(OCC(=O)OC)c(OCC)c1. The largest absolute Gasteiger partial charge is 0.490 e. The van der Waals surface area contributed by atoms with E-state index in [-0.39, 0.29) is 31.0 Å². The van der Waals surface area contributed by atoms with Gasteiger partial charge in [0.05, 0.1) is 51.7 Å². The fourth-order valence-corrected chi connectivity index (χ4v) is 7.23. The van der Waals surface area contributed by atoms with Crippen molar-refractivity contribution in [2.24, 2.45) is 4.99 Å². The molecule has 3 aromatic carbocycles. The zero-order valence-corrected chi connectivity index (χ0v) is 30.8. The van der Waals surface area contributed by atoms with E-state index in [1.807, 2.05) is 12.1 Å². The molecule has 1 aliphatic heterocycles. The number of ether oxygens (including phenoxy) is 5. The number of halogens is 3. The van der Waals surface area contributed by atoms with Crippen LogP contribution in [-0.4, -0.2) is 43.4 Å². The third-order valence-electron chi connectivity index (χ3n) is 7.29. The summed E-state index contributed by atoms with van der Waals surface area (Å²) in [5.41, 5.74) is 2.35. The van der Waals surface area contributed by atoms with Gasteiger partial charge in [0.2, 0.25) is 0 Å². The zero-order valence-electron chi connectivity index (χ0n) is 26.9. The number of thiazole rings is 1. The highest BCUT2D eigenvalue weighted by Crippen LogP contribution is 2.37. The molecular weight excluding hydrogens is 759 g/mol. The summed E-state index contributed by atoms with van der Waals surface area (Å²) < 4.78 is 30.0. The second-order valence-corrected chi connectivity index (χ2v) is 13.2. The first-order valence-corrected chi connectivity index (χ1v) is 17.4. The molecule has 0 saturated heterocycles. The van der Waals surface area contributed by atoms with Gasteiger partial charge in [-0.05, 0) is 95.9 Å². The van der Waals surface area contributed by atoms with Crippen molar-refractivity contribution in [2.45, 2.75) is 33.4 Å². The van der Waals surface area contributed by atoms with Crippen molar-refractivity contribution < 1.29 is 33.3 Å². The molecule has 0 aliphatic carbocycles. The maximum Gasteiger partial charge on any atom is 0.343 e. The maximum atomic E-state index is 14.2. The Morgan fingerprint density at radius 2 is 1.76 bits per heavy atom. The van der Waals surface area contributed by atoms with Crippen molar-refractivity contribution in [1.29, 1.82) is 0 Å². The zero-order chi connectivity index (χ0) is 35.2. The van der Waals surface area contributed by atoms with Crippen LogP contribution in [0.4, 0.5) is 0 Å². The minimum absolute atomic E-state index is 0.131. The van der Waals surface area contributed by atoms with Gasteiger partial charge in [-0.1, -0.05) is 52.7 Å². The Hall–Kier alpha value is -4.10. The van der Waals surface area contributed by atoms with Gasteiger partial charge in [0, 0.05) is 5.02 Å². The van der Waals surface area contributed by atoms with Crippen LogP contribution in [-0.2, 0) is 25.7 Å². The lowest BCUT2D eigenvalue weighted by Crippen LogP contribution is -2.40. The highest BCUT2D eigenvalue weighted by atomic mass is 79.9. The molecule has 0 amide bonds. The Morgan fingerprint density at radius 1 is 1.00 bits per heavy atom. The predicted molar refractivity (Wildman–Crippen MR) is 190 cm³/mol. The van der Waals surface area contributed by atoms with E-state index in [9.17, 15) is 14.4 Å². The van der Waals surface area contributed by atoms with Crippen molar-refractivity contribution in [1.82, 2.24) is 4.57 Å². The summed E-state index contributed by atoms with van der Waals surface area (Å²) in [7, 11) is 1.26. The van der Waals surface area contributed by atoms with E-state index in [0.29, 0.717) is 64.5 Å². The Labute approximate surface area is 304 Å². The van der Waals surface area contributed by atoms with Gasteiger partial charge in [-0.25, -0.2) is 14.6 Å². The number of hydrogen-bond donors (Lipinski definition) is 0. The van der Waals surface area contributed by atoms with Crippen LogP contribution < -0.4 is 29.1 Å². The number of aromatic nitrogens is 1. The first-order chi connectivity index (χ1) is 23.5. The van der Waals surface area contributed by atoms with Crippen molar-refractivity contribution >= 4 is 68.5 Å². The number of hydrogen-bond acceptors (Lipinski definition) is 10. The molecule has 0 saturated carbocycles. The van der Waals surface area contributed by atoms with E-state index >= 15 is 0 Å². The Bertz CT molecular complexity index is 2090. The molecule has 0 spiro atoms. The number of esters is 2. The summed E-state index contributed by atoms with van der Waals surface area (Å²) >= 11 is 17.4. The van der Waals surface area contributed by atoms with Crippen LogP contribution in [0.1, 0.15) is 43.5 Å². The van der Waals surface area contributed by atoms with Gasteiger partial charge in [0.25, 0.3) is 5.56 Å². The van der Waals surface area contributed by atoms with E-state index in [1.54, 1.807) is 69.3 Å². The molecule has 256 valence electrons. The van der Waals surface area contributed by atoms with Gasteiger partial charge < -0.3 is 23.7 Å². The van der Waals surface area contributed by atoms with Crippen molar-refractivity contribution in [3.63, 3.8) is 0 Å². The highest BCUT2D eigenvalue weighted by Gasteiger charge is 2.34. The number of fused-ring (bicyclic) bond motifs is 1. The first-order valence-electron chi connectivity index (χ1n) is 15.1. The Morgan fingerprint density at radius 3 is 2.43 bits per heavy atom. The van der Waals surface area contributed by atoms with Gasteiger partial charge in [-0.3, -0.25) is 9.36 Å². The quantitative estimate of drug-likeness (QED) is 0.152. The number of carbonyl (C=O) groups excluding carboxylic acids is 2. The third-order valence-corrected chi connectivity index (χ3v) is 9.39. The van der Waals surface area contributed by atoms with Crippen molar-refractivity contribution in [3.05, 3.63) is 117 Å². The fraction of sp³-hybridized carbons (Fsp3) is 0.257. The summed E-state index contributed by atoms with van der Waals surface area (Å²) in [6, 6.07) is 14.9. The molecule has 2 heterocycles. The molecule has 0 fully saturated rings. The average Bonchev–Trinajstić information content (AvgIpc) is 3.37. The minimum atomic E-state index is -0.898. The summed E-state index contributed by atoms with van der Waals surface area (Å²) in [5, 5.41) is 0.977. The first kappa shape index (κ1) is 36.2. The lowest BCUT2D eigenvalue weighted by atomic mass is 9.95. The Kier molecular flexibility index (Phi) is 11.9. The second-order valence-electron chi connectivity index (χ2n) is 10.5. The predicted octanol–water partition coefficient (Wildman–Crippen LogP) is 6.40. The minimum Gasteiger partial charge on any atom is -0.490 e. The molecule has 10 nitrogen and oxygen atoms in total. The molecule has 1 atom stereocenters. The van der Waals surface area contributed by atoms with Crippen LogP contribution in [0.3, 0.4) is 0 Å². The van der Waals surface area contributed by atoms with Gasteiger partial charge >= 0.3 is 11.9 Å². The smallest absolute Gasteiger partial charge is 0.343 e. The number of carbonyl (C=O) groups is 2. The highest BCUT2D eigenvalue weighted by molar-refractivity contribution is 9.10. The normalized spacial score (nSPS) is 14.2. The van der Waals surface area contributed by atoms with Crippen molar-refractivity contribution in [2.75, 3.05) is 26.9 Å². The summed E-state index contributed by atoms with van der Waals surface area (Å²) in [6.07, 6.45) is 1.71. The molecule has 0 bridgehead atoms. The van der Waals surface area contributed by atoms with Crippen LogP contribution in [0, 0.1) is 0 Å². The standard InChI is InChI=1S/C35H31BrCl2N2O8S/c1-5-45-27-16-22(9-12-26(27)47-18-29(41)44-4)31-30(34(43)46-6-2)19(3)39-35-40(31)33(42)28(49-35)15-21-13-24(36)32(25(38)14-21)48-17-20-7-10-23(37)11-8-20/h7-16,31H,5-6,17-18H2,1-4H3/b28-15-/t31-/m0/s1. The monoisotopic (exact) mass is 788 g/mol. The van der Waals surface area contributed by atoms with Crippen LogP contribution in [0.2, 0.25) is 10.0 Å². The van der Waals surface area contributed by atoms with Crippen LogP contribution in [0.15, 0.2) is 80.1 Å². The molecule has 49 heavy (non-hydrogen) atoms. The van der Waals surface area contributed by atoms with Crippen LogP contribution in [0.25, 0.3) is 6.08 Å². The Balaban J connectivity index is 1.56. The second kappa shape index (κ2) is 16.1. The van der Waals surface area contributed by atoms with Gasteiger partial charge in [0.1, 0.15) is 6.61 Å². The van der Waals surface area contributed by atoms with Crippen molar-refractivity contribution in [3.8, 4) is 17.2 Å². The van der Waals surface area contributed by atoms with E-state index in [4.69, 9.17) is 42.1 Å².